The van der Waals surface area contributed by atoms with Gasteiger partial charge in [-0.05, 0) is 37.6 Å². The van der Waals surface area contributed by atoms with Crippen LogP contribution in [-0.4, -0.2) is 18.3 Å². The number of rotatable bonds is 8. The lowest BCUT2D eigenvalue weighted by molar-refractivity contribution is -0.119. The summed E-state index contributed by atoms with van der Waals surface area (Å²) in [4.78, 5) is 12.1. The fourth-order valence-electron chi connectivity index (χ4n) is 2.29. The lowest BCUT2D eigenvalue weighted by Crippen LogP contribution is -2.28. The third kappa shape index (κ3) is 5.77. The van der Waals surface area contributed by atoms with Gasteiger partial charge in [0.25, 0.3) is 0 Å². The van der Waals surface area contributed by atoms with Crippen molar-refractivity contribution in [2.75, 3.05) is 12.4 Å². The van der Waals surface area contributed by atoms with E-state index < -0.39 is 0 Å². The Morgan fingerprint density at radius 3 is 2.62 bits per heavy atom. The Labute approximate surface area is 152 Å². The molecule has 24 heavy (non-hydrogen) atoms. The van der Waals surface area contributed by atoms with Crippen LogP contribution in [0.4, 0.5) is 0 Å². The third-order valence-electron chi connectivity index (χ3n) is 3.51. The van der Waals surface area contributed by atoms with E-state index in [4.69, 9.17) is 16.3 Å². The number of halogens is 1. The maximum atomic E-state index is 12.1. The first-order chi connectivity index (χ1) is 11.6. The minimum absolute atomic E-state index is 0.0244. The van der Waals surface area contributed by atoms with E-state index in [-0.39, 0.29) is 11.9 Å². The number of ether oxygens (including phenoxy) is 1. The molecule has 0 heterocycles. The van der Waals surface area contributed by atoms with Crippen molar-refractivity contribution in [2.24, 2.45) is 0 Å². The molecule has 0 aliphatic rings. The van der Waals surface area contributed by atoms with Crippen LogP contribution in [-0.2, 0) is 10.5 Å². The maximum absolute atomic E-state index is 12.1. The predicted octanol–water partition coefficient (Wildman–Crippen LogP) is 4.85. The second-order valence-electron chi connectivity index (χ2n) is 5.37. The molecular weight excluding hydrogens is 342 g/mol. The monoisotopic (exact) mass is 363 g/mol. The SMILES string of the molecule is CCOc1ccccc1CSCC(=O)N[C@H](C)c1ccc(Cl)cc1. The van der Waals surface area contributed by atoms with Crippen molar-refractivity contribution in [3.8, 4) is 5.75 Å². The summed E-state index contributed by atoms with van der Waals surface area (Å²) in [6.45, 7) is 4.58. The second-order valence-corrected chi connectivity index (χ2v) is 6.80. The molecule has 0 aliphatic carbocycles. The second kappa shape index (κ2) is 9.60. The van der Waals surface area contributed by atoms with Crippen LogP contribution in [0.25, 0.3) is 0 Å². The molecule has 0 spiro atoms. The van der Waals surface area contributed by atoms with E-state index in [1.165, 1.54) is 0 Å². The minimum Gasteiger partial charge on any atom is -0.494 e. The number of carbonyl (C=O) groups excluding carboxylic acids is 1. The first-order valence-corrected chi connectivity index (χ1v) is 9.46. The van der Waals surface area contributed by atoms with Crippen LogP contribution in [0.1, 0.15) is 31.0 Å². The number of benzene rings is 2. The number of amides is 1. The summed E-state index contributed by atoms with van der Waals surface area (Å²) in [5.41, 5.74) is 2.15. The van der Waals surface area contributed by atoms with E-state index in [1.807, 2.05) is 62.4 Å². The molecule has 0 aromatic heterocycles. The Morgan fingerprint density at radius 1 is 1.21 bits per heavy atom. The van der Waals surface area contributed by atoms with Gasteiger partial charge in [-0.1, -0.05) is 41.9 Å². The topological polar surface area (TPSA) is 38.3 Å². The highest BCUT2D eigenvalue weighted by molar-refractivity contribution is 7.99. The number of hydrogen-bond donors (Lipinski definition) is 1. The highest BCUT2D eigenvalue weighted by atomic mass is 35.5. The first kappa shape index (κ1) is 18.7. The molecule has 0 aliphatic heterocycles. The van der Waals surface area contributed by atoms with Crippen molar-refractivity contribution in [3.63, 3.8) is 0 Å². The van der Waals surface area contributed by atoms with E-state index in [2.05, 4.69) is 5.32 Å². The molecule has 3 nitrogen and oxygen atoms in total. The number of hydrogen-bond acceptors (Lipinski definition) is 3. The minimum atomic E-state index is -0.0360. The van der Waals surface area contributed by atoms with Gasteiger partial charge in [0, 0.05) is 16.3 Å². The molecule has 2 aromatic carbocycles. The van der Waals surface area contributed by atoms with Crippen LogP contribution in [0.2, 0.25) is 5.02 Å². The predicted molar refractivity (Wildman–Crippen MR) is 102 cm³/mol. The zero-order chi connectivity index (χ0) is 17.4. The van der Waals surface area contributed by atoms with Crippen LogP contribution in [0, 0.1) is 0 Å². The third-order valence-corrected chi connectivity index (χ3v) is 4.74. The Kier molecular flexibility index (Phi) is 7.47. The van der Waals surface area contributed by atoms with Gasteiger partial charge in [-0.15, -0.1) is 11.8 Å². The molecule has 0 bridgehead atoms. The standard InChI is InChI=1S/C19H22ClNO2S/c1-3-23-18-7-5-4-6-16(18)12-24-13-19(22)21-14(2)15-8-10-17(20)11-9-15/h4-11,14H,3,12-13H2,1-2H3,(H,21,22)/t14-/m1/s1. The summed E-state index contributed by atoms with van der Waals surface area (Å²) >= 11 is 7.46. The van der Waals surface area contributed by atoms with Crippen LogP contribution in [0.15, 0.2) is 48.5 Å². The maximum Gasteiger partial charge on any atom is 0.230 e. The van der Waals surface area contributed by atoms with Gasteiger partial charge in [0.2, 0.25) is 5.91 Å². The highest BCUT2D eigenvalue weighted by Gasteiger charge is 2.10. The molecule has 0 radical (unpaired) electrons. The number of para-hydroxylation sites is 1. The number of nitrogens with one attached hydrogen (secondary N) is 1. The molecule has 0 saturated carbocycles. The number of carbonyl (C=O) groups is 1. The summed E-state index contributed by atoms with van der Waals surface area (Å²) in [5.74, 6) is 2.08. The van der Waals surface area contributed by atoms with Crippen molar-refractivity contribution >= 4 is 29.3 Å². The van der Waals surface area contributed by atoms with E-state index >= 15 is 0 Å². The van der Waals surface area contributed by atoms with Crippen molar-refractivity contribution < 1.29 is 9.53 Å². The van der Waals surface area contributed by atoms with Crippen LogP contribution < -0.4 is 10.1 Å². The zero-order valence-electron chi connectivity index (χ0n) is 13.9. The number of thioether (sulfide) groups is 1. The summed E-state index contributed by atoms with van der Waals surface area (Å²) in [6, 6.07) is 15.4. The van der Waals surface area contributed by atoms with Gasteiger partial charge in [-0.3, -0.25) is 4.79 Å². The average Bonchev–Trinajstić information content (AvgIpc) is 2.57. The molecule has 128 valence electrons. The molecule has 1 amide bonds. The molecule has 5 heteroatoms. The van der Waals surface area contributed by atoms with Gasteiger partial charge in [-0.25, -0.2) is 0 Å². The molecule has 1 N–H and O–H groups in total. The quantitative estimate of drug-likeness (QED) is 0.728. The summed E-state index contributed by atoms with van der Waals surface area (Å²) in [5, 5.41) is 3.70. The van der Waals surface area contributed by atoms with Crippen molar-refractivity contribution in [1.29, 1.82) is 0 Å². The molecule has 0 saturated heterocycles. The molecule has 1 atom stereocenters. The average molecular weight is 364 g/mol. The van der Waals surface area contributed by atoms with Crippen LogP contribution in [0.3, 0.4) is 0 Å². The van der Waals surface area contributed by atoms with E-state index in [1.54, 1.807) is 11.8 Å². The Hall–Kier alpha value is -1.65. The van der Waals surface area contributed by atoms with E-state index in [0.29, 0.717) is 17.4 Å². The summed E-state index contributed by atoms with van der Waals surface area (Å²) < 4.78 is 5.60. The van der Waals surface area contributed by atoms with Crippen LogP contribution in [0.5, 0.6) is 5.75 Å². The van der Waals surface area contributed by atoms with Gasteiger partial charge >= 0.3 is 0 Å². The van der Waals surface area contributed by atoms with Gasteiger partial charge in [-0.2, -0.15) is 0 Å². The smallest absolute Gasteiger partial charge is 0.230 e. The van der Waals surface area contributed by atoms with Gasteiger partial charge in [0.05, 0.1) is 18.4 Å². The molecule has 2 aromatic rings. The lowest BCUT2D eigenvalue weighted by Gasteiger charge is -2.14. The molecule has 0 unspecified atom stereocenters. The Morgan fingerprint density at radius 2 is 1.92 bits per heavy atom. The van der Waals surface area contributed by atoms with E-state index in [0.717, 1.165) is 22.6 Å². The first-order valence-electron chi connectivity index (χ1n) is 7.93. The molecule has 2 rings (SSSR count). The normalized spacial score (nSPS) is 11.8. The molecular formula is C19H22ClNO2S. The van der Waals surface area contributed by atoms with Gasteiger partial charge < -0.3 is 10.1 Å². The van der Waals surface area contributed by atoms with Crippen LogP contribution >= 0.6 is 23.4 Å². The molecule has 0 fully saturated rings. The Bertz CT molecular complexity index is 661. The highest BCUT2D eigenvalue weighted by Crippen LogP contribution is 2.23. The van der Waals surface area contributed by atoms with E-state index in [9.17, 15) is 4.79 Å². The lowest BCUT2D eigenvalue weighted by atomic mass is 10.1. The zero-order valence-corrected chi connectivity index (χ0v) is 15.5. The Balaban J connectivity index is 1.80. The van der Waals surface area contributed by atoms with Crippen molar-refractivity contribution in [2.45, 2.75) is 25.6 Å². The van der Waals surface area contributed by atoms with Crippen molar-refractivity contribution in [1.82, 2.24) is 5.32 Å². The summed E-state index contributed by atoms with van der Waals surface area (Å²) in [6.07, 6.45) is 0. The van der Waals surface area contributed by atoms with Gasteiger partial charge in [0.15, 0.2) is 0 Å². The summed E-state index contributed by atoms with van der Waals surface area (Å²) in [7, 11) is 0. The largest absolute Gasteiger partial charge is 0.494 e. The fraction of sp³-hybridized carbons (Fsp3) is 0.316. The fourth-order valence-corrected chi connectivity index (χ4v) is 3.25. The van der Waals surface area contributed by atoms with Gasteiger partial charge in [0.1, 0.15) is 5.75 Å². The van der Waals surface area contributed by atoms with Crippen molar-refractivity contribution in [3.05, 3.63) is 64.7 Å².